The number of hydrogen-bond acceptors (Lipinski definition) is 4. The molecule has 3 rings (SSSR count). The molecule has 1 aliphatic rings. The Hall–Kier alpha value is -1.29. The molecule has 0 unspecified atom stereocenters. The molecule has 0 bridgehead atoms. The summed E-state index contributed by atoms with van der Waals surface area (Å²) in [6.07, 6.45) is 7.29. The lowest BCUT2D eigenvalue weighted by Crippen LogP contribution is -2.27. The molecule has 0 aliphatic heterocycles. The van der Waals surface area contributed by atoms with Gasteiger partial charge in [-0.15, -0.1) is 5.10 Å². The number of benzene rings is 1. The van der Waals surface area contributed by atoms with Crippen LogP contribution in [0.25, 0.3) is 10.8 Å². The molecular formula is C16H21N3S. The Morgan fingerprint density at radius 2 is 1.75 bits per heavy atom. The molecule has 1 aromatic carbocycles. The first-order valence-electron chi connectivity index (χ1n) is 7.29. The quantitative estimate of drug-likeness (QED) is 0.925. The highest BCUT2D eigenvalue weighted by atomic mass is 32.2. The highest BCUT2D eigenvalue weighted by molar-refractivity contribution is 7.99. The third-order valence-electron chi connectivity index (χ3n) is 4.22. The van der Waals surface area contributed by atoms with Crippen molar-refractivity contribution in [2.75, 3.05) is 11.6 Å². The van der Waals surface area contributed by atoms with Gasteiger partial charge in [0.05, 0.1) is 5.69 Å². The topological polar surface area (TPSA) is 37.8 Å². The molecule has 1 aromatic heterocycles. The van der Waals surface area contributed by atoms with E-state index in [0.717, 1.165) is 16.8 Å². The number of hydrogen-bond donors (Lipinski definition) is 1. The van der Waals surface area contributed by atoms with Crippen LogP contribution in [0.2, 0.25) is 0 Å². The third-order valence-corrected chi connectivity index (χ3v) is 5.36. The van der Waals surface area contributed by atoms with Crippen LogP contribution in [0.4, 0.5) is 5.82 Å². The molecule has 106 valence electrons. The zero-order valence-electron chi connectivity index (χ0n) is 12.1. The van der Waals surface area contributed by atoms with Gasteiger partial charge in [0.25, 0.3) is 0 Å². The summed E-state index contributed by atoms with van der Waals surface area (Å²) in [5.41, 5.74) is 0.997. The first-order chi connectivity index (χ1) is 9.78. The Kier molecular flexibility index (Phi) is 4.10. The highest BCUT2D eigenvalue weighted by Crippen LogP contribution is 2.30. The van der Waals surface area contributed by atoms with Crippen LogP contribution >= 0.6 is 11.8 Å². The monoisotopic (exact) mass is 287 g/mol. The van der Waals surface area contributed by atoms with Gasteiger partial charge in [0, 0.05) is 22.1 Å². The minimum absolute atomic E-state index is 0.541. The smallest absolute Gasteiger partial charge is 0.156 e. The van der Waals surface area contributed by atoms with E-state index in [0.29, 0.717) is 6.04 Å². The van der Waals surface area contributed by atoms with Gasteiger partial charge in [-0.05, 0) is 38.9 Å². The minimum Gasteiger partial charge on any atom is -0.365 e. The summed E-state index contributed by atoms with van der Waals surface area (Å²) in [6.45, 7) is 2.02. The molecular weight excluding hydrogens is 266 g/mol. The van der Waals surface area contributed by atoms with Crippen LogP contribution in [0.15, 0.2) is 24.3 Å². The van der Waals surface area contributed by atoms with Crippen LogP contribution in [-0.2, 0) is 0 Å². The van der Waals surface area contributed by atoms with Gasteiger partial charge >= 0.3 is 0 Å². The SMILES string of the molecule is CSC1CCC(Nc2nnc(C)c3ccccc23)CC1. The predicted octanol–water partition coefficient (Wildman–Crippen LogP) is 4.02. The Morgan fingerprint density at radius 1 is 1.05 bits per heavy atom. The van der Waals surface area contributed by atoms with Crippen molar-refractivity contribution in [2.45, 2.75) is 43.9 Å². The Bertz CT molecular complexity index is 591. The van der Waals surface area contributed by atoms with E-state index in [2.05, 4.69) is 46.0 Å². The number of rotatable bonds is 3. The average Bonchev–Trinajstić information content (AvgIpc) is 2.51. The predicted molar refractivity (Wildman–Crippen MR) is 87.5 cm³/mol. The van der Waals surface area contributed by atoms with Crippen LogP contribution in [0, 0.1) is 6.92 Å². The van der Waals surface area contributed by atoms with Gasteiger partial charge < -0.3 is 5.32 Å². The molecule has 0 saturated heterocycles. The molecule has 1 fully saturated rings. The average molecular weight is 287 g/mol. The molecule has 0 atom stereocenters. The largest absolute Gasteiger partial charge is 0.365 e. The van der Waals surface area contributed by atoms with Crippen LogP contribution in [0.1, 0.15) is 31.4 Å². The van der Waals surface area contributed by atoms with Crippen molar-refractivity contribution in [1.82, 2.24) is 10.2 Å². The van der Waals surface area contributed by atoms with Crippen molar-refractivity contribution >= 4 is 28.4 Å². The first kappa shape index (κ1) is 13.7. The van der Waals surface area contributed by atoms with Crippen molar-refractivity contribution in [3.05, 3.63) is 30.0 Å². The van der Waals surface area contributed by atoms with Crippen LogP contribution in [-0.4, -0.2) is 27.7 Å². The number of thioether (sulfide) groups is 1. The van der Waals surface area contributed by atoms with Crippen LogP contribution in [0.5, 0.6) is 0 Å². The number of fused-ring (bicyclic) bond motifs is 1. The number of nitrogens with one attached hydrogen (secondary N) is 1. The molecule has 1 aliphatic carbocycles. The van der Waals surface area contributed by atoms with E-state index in [1.165, 1.54) is 36.5 Å². The number of nitrogens with zero attached hydrogens (tertiary/aromatic N) is 2. The molecule has 1 saturated carbocycles. The molecule has 0 amide bonds. The lowest BCUT2D eigenvalue weighted by atomic mass is 9.95. The highest BCUT2D eigenvalue weighted by Gasteiger charge is 2.21. The minimum atomic E-state index is 0.541. The van der Waals surface area contributed by atoms with E-state index in [9.17, 15) is 0 Å². The number of anilines is 1. The van der Waals surface area contributed by atoms with E-state index in [1.807, 2.05) is 18.7 Å². The van der Waals surface area contributed by atoms with E-state index in [-0.39, 0.29) is 0 Å². The van der Waals surface area contributed by atoms with Crippen LogP contribution in [0.3, 0.4) is 0 Å². The van der Waals surface area contributed by atoms with Crippen molar-refractivity contribution in [2.24, 2.45) is 0 Å². The number of aryl methyl sites for hydroxylation is 1. The summed E-state index contributed by atoms with van der Waals surface area (Å²) >= 11 is 2.00. The van der Waals surface area contributed by atoms with Crippen molar-refractivity contribution in [3.8, 4) is 0 Å². The summed E-state index contributed by atoms with van der Waals surface area (Å²) in [5, 5.41) is 15.5. The lowest BCUT2D eigenvalue weighted by molar-refractivity contribution is 0.472. The Balaban J connectivity index is 1.80. The summed E-state index contributed by atoms with van der Waals surface area (Å²) in [6, 6.07) is 8.92. The van der Waals surface area contributed by atoms with E-state index >= 15 is 0 Å². The maximum atomic E-state index is 4.37. The summed E-state index contributed by atoms with van der Waals surface area (Å²) in [4.78, 5) is 0. The summed E-state index contributed by atoms with van der Waals surface area (Å²) in [7, 11) is 0. The van der Waals surface area contributed by atoms with Gasteiger partial charge in [-0.3, -0.25) is 0 Å². The molecule has 20 heavy (non-hydrogen) atoms. The summed E-state index contributed by atoms with van der Waals surface area (Å²) in [5.74, 6) is 0.943. The second kappa shape index (κ2) is 6.00. The van der Waals surface area contributed by atoms with Gasteiger partial charge in [0.1, 0.15) is 0 Å². The zero-order valence-corrected chi connectivity index (χ0v) is 12.9. The standard InChI is InChI=1S/C16H21N3S/c1-11-14-5-3-4-6-15(14)16(19-18-11)17-12-7-9-13(20-2)10-8-12/h3-6,12-13H,7-10H2,1-2H3,(H,17,19). The van der Waals surface area contributed by atoms with Gasteiger partial charge in [-0.25, -0.2) is 0 Å². The first-order valence-corrected chi connectivity index (χ1v) is 8.58. The zero-order chi connectivity index (χ0) is 13.9. The van der Waals surface area contributed by atoms with Gasteiger partial charge in [0.15, 0.2) is 5.82 Å². The van der Waals surface area contributed by atoms with Gasteiger partial charge in [-0.2, -0.15) is 16.9 Å². The molecule has 0 spiro atoms. The van der Waals surface area contributed by atoms with Gasteiger partial charge in [0.2, 0.25) is 0 Å². The fraction of sp³-hybridized carbons (Fsp3) is 0.500. The van der Waals surface area contributed by atoms with Crippen LogP contribution < -0.4 is 5.32 Å². The molecule has 1 N–H and O–H groups in total. The maximum absolute atomic E-state index is 4.37. The molecule has 3 nitrogen and oxygen atoms in total. The molecule has 4 heteroatoms. The lowest BCUT2D eigenvalue weighted by Gasteiger charge is -2.28. The van der Waals surface area contributed by atoms with E-state index in [1.54, 1.807) is 0 Å². The molecule has 0 radical (unpaired) electrons. The Labute approximate surface area is 124 Å². The second-order valence-electron chi connectivity index (χ2n) is 5.53. The van der Waals surface area contributed by atoms with Gasteiger partial charge in [-0.1, -0.05) is 24.3 Å². The van der Waals surface area contributed by atoms with E-state index < -0.39 is 0 Å². The fourth-order valence-electron chi connectivity index (χ4n) is 2.98. The maximum Gasteiger partial charge on any atom is 0.156 e. The normalized spacial score (nSPS) is 22.9. The Morgan fingerprint density at radius 3 is 2.45 bits per heavy atom. The number of aromatic nitrogens is 2. The fourth-order valence-corrected chi connectivity index (χ4v) is 3.72. The van der Waals surface area contributed by atoms with Crippen molar-refractivity contribution in [3.63, 3.8) is 0 Å². The second-order valence-corrected chi connectivity index (χ2v) is 6.67. The summed E-state index contributed by atoms with van der Waals surface area (Å²) < 4.78 is 0. The molecule has 1 heterocycles. The van der Waals surface area contributed by atoms with Crippen molar-refractivity contribution < 1.29 is 0 Å². The van der Waals surface area contributed by atoms with E-state index in [4.69, 9.17) is 0 Å². The molecule has 2 aromatic rings. The van der Waals surface area contributed by atoms with Crippen molar-refractivity contribution in [1.29, 1.82) is 0 Å². The third kappa shape index (κ3) is 2.75.